The van der Waals surface area contributed by atoms with Gasteiger partial charge in [-0.05, 0) is 43.4 Å². The van der Waals surface area contributed by atoms with Crippen molar-refractivity contribution < 1.29 is 9.47 Å². The number of ether oxygens (including phenoxy) is 2. The van der Waals surface area contributed by atoms with Gasteiger partial charge in [0.15, 0.2) is 0 Å². The van der Waals surface area contributed by atoms with E-state index in [0.29, 0.717) is 34.6 Å². The lowest BCUT2D eigenvalue weighted by atomic mass is 9.96. The number of piperidine rings is 1. The Kier molecular flexibility index (Phi) is 6.23. The highest BCUT2D eigenvalue weighted by Gasteiger charge is 2.40. The quantitative estimate of drug-likeness (QED) is 0.322. The molecule has 7 heteroatoms. The van der Waals surface area contributed by atoms with Crippen LogP contribution in [0.2, 0.25) is 5.02 Å². The molecule has 0 aliphatic carbocycles. The first kappa shape index (κ1) is 23.2. The Labute approximate surface area is 216 Å². The van der Waals surface area contributed by atoms with E-state index in [9.17, 15) is 0 Å². The van der Waals surface area contributed by atoms with Crippen LogP contribution in [-0.2, 0) is 6.54 Å². The molecule has 2 aliphatic rings. The first-order valence-electron chi connectivity index (χ1n) is 12.6. The van der Waals surface area contributed by atoms with E-state index in [-0.39, 0.29) is 0 Å². The third-order valence-corrected chi connectivity index (χ3v) is 7.97. The number of halogens is 1. The zero-order valence-electron chi connectivity index (χ0n) is 20.7. The third-order valence-electron chi connectivity index (χ3n) is 7.67. The Bertz CT molecular complexity index is 1360. The fraction of sp³-hybridized carbons (Fsp3) is 0.345. The molecule has 6 nitrogen and oxygen atoms in total. The molecule has 2 bridgehead atoms. The largest absolute Gasteiger partial charge is 0.496 e. The molecule has 36 heavy (non-hydrogen) atoms. The molecule has 6 rings (SSSR count). The molecule has 3 atom stereocenters. The molecule has 0 saturated carbocycles. The number of pyridine rings is 1. The fourth-order valence-corrected chi connectivity index (χ4v) is 6.18. The number of hydrogen-bond acceptors (Lipinski definition) is 5. The van der Waals surface area contributed by atoms with Crippen molar-refractivity contribution in [1.29, 1.82) is 0 Å². The summed E-state index contributed by atoms with van der Waals surface area (Å²) in [6.07, 6.45) is 9.01. The van der Waals surface area contributed by atoms with Crippen molar-refractivity contribution in [3.8, 4) is 22.8 Å². The zero-order chi connectivity index (χ0) is 24.6. The lowest BCUT2D eigenvalue weighted by molar-refractivity contribution is 0.124. The minimum Gasteiger partial charge on any atom is -0.496 e. The van der Waals surface area contributed by atoms with E-state index in [1.807, 2.05) is 16.7 Å². The average molecular weight is 503 g/mol. The minimum atomic E-state index is 0.479. The van der Waals surface area contributed by atoms with Crippen LogP contribution in [0.3, 0.4) is 0 Å². The second-order valence-electron chi connectivity index (χ2n) is 9.85. The first-order chi connectivity index (χ1) is 17.6. The smallest absolute Gasteiger partial charge is 0.141 e. The van der Waals surface area contributed by atoms with Crippen LogP contribution in [0.25, 0.3) is 16.9 Å². The summed E-state index contributed by atoms with van der Waals surface area (Å²) in [7, 11) is 3.24. The third kappa shape index (κ3) is 4.40. The van der Waals surface area contributed by atoms with Crippen LogP contribution in [0, 0.1) is 0 Å². The Morgan fingerprint density at radius 1 is 0.972 bits per heavy atom. The van der Waals surface area contributed by atoms with Crippen molar-refractivity contribution in [2.75, 3.05) is 19.5 Å². The molecule has 2 fully saturated rings. The average Bonchev–Trinajstić information content (AvgIpc) is 3.41. The maximum atomic E-state index is 6.40. The van der Waals surface area contributed by atoms with Gasteiger partial charge in [0.05, 0.1) is 24.9 Å². The first-order valence-corrected chi connectivity index (χ1v) is 13.0. The van der Waals surface area contributed by atoms with Gasteiger partial charge >= 0.3 is 0 Å². The molecule has 2 saturated heterocycles. The monoisotopic (exact) mass is 502 g/mol. The summed E-state index contributed by atoms with van der Waals surface area (Å²) < 4.78 is 12.9. The van der Waals surface area contributed by atoms with Crippen LogP contribution in [0.4, 0.5) is 5.69 Å². The fourth-order valence-electron chi connectivity index (χ4n) is 5.94. The number of imidazole rings is 1. The van der Waals surface area contributed by atoms with Gasteiger partial charge in [0.2, 0.25) is 0 Å². The number of anilines is 1. The van der Waals surface area contributed by atoms with Crippen LogP contribution in [0.1, 0.15) is 31.2 Å². The topological polar surface area (TPSA) is 51.0 Å². The van der Waals surface area contributed by atoms with E-state index in [4.69, 9.17) is 26.1 Å². The summed E-state index contributed by atoms with van der Waals surface area (Å²) in [6.45, 7) is 1.06. The number of rotatable bonds is 7. The van der Waals surface area contributed by atoms with Gasteiger partial charge in [0.25, 0.3) is 0 Å². The predicted octanol–water partition coefficient (Wildman–Crippen LogP) is 6.28. The molecule has 4 heterocycles. The normalized spacial score (nSPS) is 21.6. The maximum Gasteiger partial charge on any atom is 0.141 e. The number of nitrogens with zero attached hydrogens (tertiary/aromatic N) is 3. The standard InChI is InChI=1S/C29H31ClN4O2/c1-35-27-16-28(36-2)25(30)15-24(27)26-18-33-11-10-20(14-29(33)32-26)31-21-12-22-8-9-23(13-21)34(22)17-19-6-4-3-5-7-19/h3-7,10-11,14-16,18,21-23,31H,8-9,12-13,17H2,1-2H3/t21-,22-,23+. The molecule has 0 spiro atoms. The van der Waals surface area contributed by atoms with Crippen LogP contribution >= 0.6 is 11.6 Å². The number of benzene rings is 2. The Morgan fingerprint density at radius 2 is 1.72 bits per heavy atom. The summed E-state index contributed by atoms with van der Waals surface area (Å²) in [5.74, 6) is 1.26. The van der Waals surface area contributed by atoms with Crippen molar-refractivity contribution in [1.82, 2.24) is 14.3 Å². The van der Waals surface area contributed by atoms with Gasteiger partial charge in [0.1, 0.15) is 17.1 Å². The van der Waals surface area contributed by atoms with Crippen molar-refractivity contribution >= 4 is 22.9 Å². The summed E-state index contributed by atoms with van der Waals surface area (Å²) in [4.78, 5) is 7.61. The molecule has 2 aromatic carbocycles. The zero-order valence-corrected chi connectivity index (χ0v) is 21.4. The SMILES string of the molecule is COc1cc(OC)c(-c2cn3ccc(N[C@@H]4C[C@H]5CC[C@@H](C4)N5Cc4ccccc4)cc3n2)cc1Cl. The number of aromatic nitrogens is 2. The molecule has 2 aliphatic heterocycles. The van der Waals surface area contributed by atoms with Crippen molar-refractivity contribution in [2.45, 2.75) is 50.4 Å². The lowest BCUT2D eigenvalue weighted by Gasteiger charge is -2.39. The van der Waals surface area contributed by atoms with E-state index < -0.39 is 0 Å². The number of methoxy groups -OCH3 is 2. The minimum absolute atomic E-state index is 0.479. The lowest BCUT2D eigenvalue weighted by Crippen LogP contribution is -2.46. The molecular formula is C29H31ClN4O2. The maximum absolute atomic E-state index is 6.40. The molecule has 0 radical (unpaired) electrons. The van der Waals surface area contributed by atoms with E-state index in [0.717, 1.165) is 29.1 Å². The second kappa shape index (κ2) is 9.68. The molecule has 2 aromatic heterocycles. The summed E-state index contributed by atoms with van der Waals surface area (Å²) >= 11 is 6.40. The van der Waals surface area contributed by atoms with Gasteiger partial charge in [-0.25, -0.2) is 4.98 Å². The number of hydrogen-bond donors (Lipinski definition) is 1. The number of nitrogens with one attached hydrogen (secondary N) is 1. The van der Waals surface area contributed by atoms with Crippen molar-refractivity contribution in [3.63, 3.8) is 0 Å². The van der Waals surface area contributed by atoms with Crippen LogP contribution in [-0.4, -0.2) is 46.6 Å². The molecular weight excluding hydrogens is 472 g/mol. The van der Waals surface area contributed by atoms with Crippen molar-refractivity contribution in [3.05, 3.63) is 77.6 Å². The van der Waals surface area contributed by atoms with E-state index in [1.54, 1.807) is 20.3 Å². The highest BCUT2D eigenvalue weighted by Crippen LogP contribution is 2.39. The highest BCUT2D eigenvalue weighted by atomic mass is 35.5. The van der Waals surface area contributed by atoms with Gasteiger partial charge in [-0.2, -0.15) is 0 Å². The predicted molar refractivity (Wildman–Crippen MR) is 144 cm³/mol. The summed E-state index contributed by atoms with van der Waals surface area (Å²) in [5, 5.41) is 4.34. The van der Waals surface area contributed by atoms with Gasteiger partial charge in [0, 0.05) is 60.4 Å². The van der Waals surface area contributed by atoms with Crippen LogP contribution < -0.4 is 14.8 Å². The van der Waals surface area contributed by atoms with E-state index in [1.165, 1.54) is 31.2 Å². The van der Waals surface area contributed by atoms with Crippen LogP contribution in [0.15, 0.2) is 67.0 Å². The molecule has 186 valence electrons. The Hall–Kier alpha value is -3.22. The highest BCUT2D eigenvalue weighted by molar-refractivity contribution is 6.32. The molecule has 1 N–H and O–H groups in total. The summed E-state index contributed by atoms with van der Waals surface area (Å²) in [5.41, 5.74) is 5.05. The van der Waals surface area contributed by atoms with Gasteiger partial charge in [-0.3, -0.25) is 4.90 Å². The second-order valence-corrected chi connectivity index (χ2v) is 10.3. The van der Waals surface area contributed by atoms with E-state index >= 15 is 0 Å². The van der Waals surface area contributed by atoms with Crippen molar-refractivity contribution in [2.24, 2.45) is 0 Å². The van der Waals surface area contributed by atoms with Crippen LogP contribution in [0.5, 0.6) is 11.5 Å². The van der Waals surface area contributed by atoms with E-state index in [2.05, 4.69) is 58.9 Å². The van der Waals surface area contributed by atoms with Gasteiger partial charge < -0.3 is 19.2 Å². The van der Waals surface area contributed by atoms with Gasteiger partial charge in [-0.15, -0.1) is 0 Å². The molecule has 4 aromatic rings. The Morgan fingerprint density at radius 3 is 2.44 bits per heavy atom. The molecule has 0 unspecified atom stereocenters. The Balaban J connectivity index is 1.18. The number of fused-ring (bicyclic) bond motifs is 3. The summed E-state index contributed by atoms with van der Waals surface area (Å²) in [6, 6.07) is 20.5. The molecule has 0 amide bonds. The van der Waals surface area contributed by atoms with Gasteiger partial charge in [-0.1, -0.05) is 41.9 Å².